The quantitative estimate of drug-likeness (QED) is 0.142. The van der Waals surface area contributed by atoms with Crippen molar-refractivity contribution >= 4 is 71.7 Å². The maximum absolute atomic E-state index is 16.0. The molecule has 3 saturated heterocycles. The number of H-pyrrole nitrogens is 1. The number of aromatic nitrogens is 8. The molecule has 4 aromatic heterocycles. The molecular formula is C20H22F2N10O9P2S2. The summed E-state index contributed by atoms with van der Waals surface area (Å²) >= 11 is 9.68. The van der Waals surface area contributed by atoms with Gasteiger partial charge in [0.15, 0.2) is 47.4 Å². The maximum Gasteiger partial charge on any atom is 0.472 e. The minimum atomic E-state index is -5.14. The third-order valence-corrected chi connectivity index (χ3v) is 10.4. The molecule has 6 N–H and O–H groups in total. The highest BCUT2D eigenvalue weighted by molar-refractivity contribution is 8.60. The standard InChI is InChI=1S/C20H22F2N10O9P2S2/c21-8-6-1-37-43(44,45)41-12-7(39-18(9(12)22)31-4-27-10-14(23)25-3-26-15(10)31)2-36-42(34,35)40-13(8)19(38-6)32-5-28-11-16(32)29-20(24)30-17(11)33/h3-9,12-13,18-19H,1-2H2,(H,34,35)(H,44,45)(H2,23,25,26)(H3,24,29,30,33)/t6-,7-,8-,9+,12-,13-,18-,19-/m1/s1. The fourth-order valence-electron chi connectivity index (χ4n) is 5.23. The summed E-state index contributed by atoms with van der Waals surface area (Å²) in [5, 5.41) is 0. The van der Waals surface area contributed by atoms with Gasteiger partial charge in [0.25, 0.3) is 5.56 Å². The summed E-state index contributed by atoms with van der Waals surface area (Å²) in [5.41, 5.74) is 7.17. The number of hydrogen-bond acceptors (Lipinski definition) is 16. The van der Waals surface area contributed by atoms with Crippen LogP contribution in [0.3, 0.4) is 0 Å². The van der Waals surface area contributed by atoms with E-state index in [0.29, 0.717) is 0 Å². The van der Waals surface area contributed by atoms with Crippen molar-refractivity contribution in [2.24, 2.45) is 0 Å². The molecule has 4 aromatic rings. The van der Waals surface area contributed by atoms with E-state index in [1.54, 1.807) is 0 Å². The third-order valence-electron chi connectivity index (χ3n) is 7.23. The van der Waals surface area contributed by atoms with Gasteiger partial charge < -0.3 is 34.9 Å². The zero-order chi connectivity index (χ0) is 31.8. The van der Waals surface area contributed by atoms with Gasteiger partial charge in [0, 0.05) is 0 Å². The Morgan fingerprint density at radius 2 is 1.64 bits per heavy atom. The van der Waals surface area contributed by atoms with Crippen LogP contribution in [0.5, 0.6) is 0 Å². The molecular weight excluding hydrogens is 688 g/mol. The fourth-order valence-corrected chi connectivity index (χ4v) is 8.12. The van der Waals surface area contributed by atoms with Gasteiger partial charge in [0.05, 0.1) is 25.9 Å². The van der Waals surface area contributed by atoms with Gasteiger partial charge >= 0.3 is 7.82 Å². The number of nitrogens with zero attached hydrogens (tertiary/aromatic N) is 7. The highest BCUT2D eigenvalue weighted by atomic mass is 32.9. The first-order valence-electron chi connectivity index (χ1n) is 12.9. The van der Waals surface area contributed by atoms with Crippen molar-refractivity contribution in [3.8, 4) is 0 Å². The summed E-state index contributed by atoms with van der Waals surface area (Å²) in [6.07, 6.45) is -9.84. The van der Waals surface area contributed by atoms with Gasteiger partial charge in [-0.1, -0.05) is 12.2 Å². The number of thiol groups is 1. The number of anilines is 2. The predicted octanol–water partition coefficient (Wildman–Crippen LogP) is 0.667. The maximum atomic E-state index is 16.0. The van der Waals surface area contributed by atoms with E-state index in [1.165, 1.54) is 10.9 Å². The summed E-state index contributed by atoms with van der Waals surface area (Å²) in [7, 11) is -5.14. The summed E-state index contributed by atoms with van der Waals surface area (Å²) in [4.78, 5) is 45.2. The van der Waals surface area contributed by atoms with Crippen LogP contribution in [0.2, 0.25) is 0 Å². The SMILES string of the molecule is Nc1nc2c(ncn2[C@@H]2O[C@@H]3COP(=S)(S)O[C@H]4[C@H](F)[C@H](n5cnc6c(N)ncnc65)O[C@@H]4COP(=O)(O)O[C@@H]2[C@@H]3F)c(=O)[nH]1. The van der Waals surface area contributed by atoms with Gasteiger partial charge in [-0.05, 0) is 11.8 Å². The van der Waals surface area contributed by atoms with E-state index in [-0.39, 0.29) is 34.1 Å². The van der Waals surface area contributed by atoms with Crippen LogP contribution in [0, 0.1) is 0 Å². The smallest absolute Gasteiger partial charge is 0.382 e. The lowest BCUT2D eigenvalue weighted by Crippen LogP contribution is -2.34. The van der Waals surface area contributed by atoms with E-state index in [4.69, 9.17) is 50.8 Å². The molecule has 7 heterocycles. The van der Waals surface area contributed by atoms with Crippen molar-refractivity contribution in [1.82, 2.24) is 39.0 Å². The van der Waals surface area contributed by atoms with E-state index in [9.17, 15) is 14.3 Å². The van der Waals surface area contributed by atoms with Crippen molar-refractivity contribution in [3.05, 3.63) is 29.3 Å². The van der Waals surface area contributed by atoms with Gasteiger partial charge in [-0.15, -0.1) is 0 Å². The van der Waals surface area contributed by atoms with Crippen LogP contribution >= 0.6 is 25.8 Å². The Bertz CT molecular complexity index is 1950. The van der Waals surface area contributed by atoms with Crippen LogP contribution in [0.15, 0.2) is 23.8 Å². The molecule has 3 aliphatic heterocycles. The summed E-state index contributed by atoms with van der Waals surface area (Å²) in [5.74, 6) is -0.231. The lowest BCUT2D eigenvalue weighted by atomic mass is 10.1. The second-order valence-electron chi connectivity index (χ2n) is 10.0. The molecule has 3 aliphatic rings. The molecule has 19 nitrogen and oxygen atoms in total. The van der Waals surface area contributed by atoms with Gasteiger partial charge in [0.1, 0.15) is 36.3 Å². The average Bonchev–Trinajstić information content (AvgIpc) is 3.72. The van der Waals surface area contributed by atoms with Crippen molar-refractivity contribution < 1.29 is 45.8 Å². The van der Waals surface area contributed by atoms with Crippen molar-refractivity contribution in [1.29, 1.82) is 0 Å². The summed E-state index contributed by atoms with van der Waals surface area (Å²) in [6, 6.07) is 0. The predicted molar refractivity (Wildman–Crippen MR) is 155 cm³/mol. The van der Waals surface area contributed by atoms with E-state index in [2.05, 4.69) is 42.2 Å². The first-order chi connectivity index (χ1) is 21.3. The molecule has 0 amide bonds. The molecule has 2 bridgehead atoms. The van der Waals surface area contributed by atoms with Crippen LogP contribution in [0.25, 0.3) is 22.3 Å². The van der Waals surface area contributed by atoms with Gasteiger partial charge in [-0.3, -0.25) is 28.0 Å². The summed E-state index contributed by atoms with van der Waals surface area (Å²) in [6.45, 7) is -1.39. The Hall–Kier alpha value is -2.69. The van der Waals surface area contributed by atoms with Crippen molar-refractivity contribution in [2.75, 3.05) is 24.7 Å². The number of nitrogens with two attached hydrogens (primary N) is 2. The van der Waals surface area contributed by atoms with Gasteiger partial charge in [0.2, 0.25) is 11.6 Å². The molecule has 0 saturated carbocycles. The van der Waals surface area contributed by atoms with Crippen LogP contribution in [0.1, 0.15) is 12.5 Å². The largest absolute Gasteiger partial charge is 0.472 e. The number of hydrogen-bond donors (Lipinski definition) is 5. The highest BCUT2D eigenvalue weighted by Crippen LogP contribution is 2.58. The number of nitrogen functional groups attached to an aromatic ring is 2. The Morgan fingerprint density at radius 3 is 2.42 bits per heavy atom. The Labute approximate surface area is 259 Å². The number of halogens is 2. The molecule has 7 rings (SSSR count). The molecule has 25 heteroatoms. The second kappa shape index (κ2) is 11.2. The summed E-state index contributed by atoms with van der Waals surface area (Å²) < 4.78 is 80.8. The third kappa shape index (κ3) is 5.54. The Morgan fingerprint density at radius 1 is 0.956 bits per heavy atom. The molecule has 0 radical (unpaired) electrons. The number of imidazole rings is 2. The van der Waals surface area contributed by atoms with Crippen molar-refractivity contribution in [2.45, 2.75) is 49.2 Å². The monoisotopic (exact) mass is 710 g/mol. The minimum absolute atomic E-state index is 0.0444. The second-order valence-corrected chi connectivity index (χ2v) is 16.7. The number of fused-ring (bicyclic) bond motifs is 5. The number of rotatable bonds is 2. The van der Waals surface area contributed by atoms with Crippen molar-refractivity contribution in [3.63, 3.8) is 0 Å². The molecule has 10 atom stereocenters. The first-order valence-corrected chi connectivity index (χ1v) is 18.2. The average molecular weight is 711 g/mol. The molecule has 0 aliphatic carbocycles. The van der Waals surface area contributed by atoms with Crippen LogP contribution in [-0.2, 0) is 43.9 Å². The number of phosphoric acid groups is 1. The molecule has 0 spiro atoms. The lowest BCUT2D eigenvalue weighted by Gasteiger charge is -2.27. The fraction of sp³-hybridized carbons (Fsp3) is 0.500. The van der Waals surface area contributed by atoms with E-state index in [1.807, 2.05) is 0 Å². The topological polar surface area (TPSA) is 252 Å². The zero-order valence-corrected chi connectivity index (χ0v) is 25.8. The van der Waals surface area contributed by atoms with Gasteiger partial charge in [-0.2, -0.15) is 4.98 Å². The molecule has 0 aromatic carbocycles. The number of nitrogens with one attached hydrogen (secondary N) is 1. The number of alkyl halides is 2. The highest BCUT2D eigenvalue weighted by Gasteiger charge is 2.54. The first kappa shape index (κ1) is 30.9. The van der Waals surface area contributed by atoms with Crippen LogP contribution in [0.4, 0.5) is 20.5 Å². The molecule has 242 valence electrons. The van der Waals surface area contributed by atoms with E-state index in [0.717, 1.165) is 17.2 Å². The number of ether oxygens (including phenoxy) is 2. The van der Waals surface area contributed by atoms with E-state index < -0.39 is 81.5 Å². The zero-order valence-electron chi connectivity index (χ0n) is 22.3. The molecule has 3 fully saturated rings. The number of phosphoric ester groups is 1. The van der Waals surface area contributed by atoms with Crippen LogP contribution in [-0.4, -0.2) is 93.9 Å². The number of aromatic amines is 1. The van der Waals surface area contributed by atoms with Crippen LogP contribution < -0.4 is 17.0 Å². The Kier molecular flexibility index (Phi) is 7.72. The van der Waals surface area contributed by atoms with E-state index >= 15 is 8.78 Å². The lowest BCUT2D eigenvalue weighted by molar-refractivity contribution is -0.0614. The molecule has 45 heavy (non-hydrogen) atoms. The minimum Gasteiger partial charge on any atom is -0.382 e. The normalized spacial score (nSPS) is 37.7. The van der Waals surface area contributed by atoms with Gasteiger partial charge in [-0.25, -0.2) is 33.3 Å². The molecule has 2 unspecified atom stereocenters. The Balaban J connectivity index is 1.21.